The molecule has 0 bridgehead atoms. The largest absolute Gasteiger partial charge is 0.481 e. The van der Waals surface area contributed by atoms with Crippen LogP contribution in [0.5, 0.6) is 0 Å². The number of benzene rings is 1. The number of carboxylic acid groups (broad SMARTS) is 1. The molecule has 2 aromatic rings. The minimum absolute atomic E-state index is 0.144. The number of furan rings is 1. The third-order valence-electron chi connectivity index (χ3n) is 4.69. The zero-order valence-electron chi connectivity index (χ0n) is 13.9. The number of nitrogens with zero attached hydrogens (tertiary/aromatic N) is 1. The Morgan fingerprint density at radius 1 is 1.21 bits per heavy atom. The first-order valence-electron chi connectivity index (χ1n) is 8.16. The minimum Gasteiger partial charge on any atom is -0.481 e. The van der Waals surface area contributed by atoms with E-state index in [1.165, 1.54) is 0 Å². The average Bonchev–Trinajstić information content (AvgIpc) is 2.90. The van der Waals surface area contributed by atoms with Crippen LogP contribution < -0.4 is 0 Å². The highest BCUT2D eigenvalue weighted by Gasteiger charge is 2.32. The zero-order valence-corrected chi connectivity index (χ0v) is 13.9. The highest BCUT2D eigenvalue weighted by molar-refractivity contribution is 6.01. The second-order valence-corrected chi connectivity index (χ2v) is 6.28. The maximum Gasteiger partial charge on any atom is 0.308 e. The Morgan fingerprint density at radius 2 is 1.92 bits per heavy atom. The van der Waals surface area contributed by atoms with Gasteiger partial charge in [0.2, 0.25) is 0 Å². The number of amides is 1. The standard InChI is InChI=1S/C19H21NO4/c1-12-13(2)24-17(14-7-4-3-5-8-14)16(12)18(21)20-10-6-9-15(11-20)19(22)23/h3-5,7-8,15H,6,9-11H2,1-2H3,(H,22,23)/t15-/m0/s1. The summed E-state index contributed by atoms with van der Waals surface area (Å²) in [5.74, 6) is -0.196. The fourth-order valence-corrected chi connectivity index (χ4v) is 3.20. The Hall–Kier alpha value is -2.56. The van der Waals surface area contributed by atoms with Crippen molar-refractivity contribution in [2.24, 2.45) is 5.92 Å². The van der Waals surface area contributed by atoms with E-state index in [1.54, 1.807) is 4.90 Å². The lowest BCUT2D eigenvalue weighted by Crippen LogP contribution is -2.42. The molecule has 3 rings (SSSR count). The molecule has 1 saturated heterocycles. The van der Waals surface area contributed by atoms with Crippen LogP contribution in [-0.4, -0.2) is 35.0 Å². The predicted octanol–water partition coefficient (Wildman–Crippen LogP) is 3.50. The van der Waals surface area contributed by atoms with Crippen LogP contribution in [0.4, 0.5) is 0 Å². The van der Waals surface area contributed by atoms with Gasteiger partial charge in [0.25, 0.3) is 5.91 Å². The van der Waals surface area contributed by atoms with Crippen molar-refractivity contribution in [1.82, 2.24) is 4.90 Å². The van der Waals surface area contributed by atoms with E-state index in [0.717, 1.165) is 11.1 Å². The summed E-state index contributed by atoms with van der Waals surface area (Å²) in [6.45, 7) is 4.55. The van der Waals surface area contributed by atoms with Gasteiger partial charge in [-0.3, -0.25) is 9.59 Å². The highest BCUT2D eigenvalue weighted by atomic mass is 16.4. The van der Waals surface area contributed by atoms with Gasteiger partial charge in [-0.15, -0.1) is 0 Å². The van der Waals surface area contributed by atoms with Crippen LogP contribution in [0, 0.1) is 19.8 Å². The molecule has 0 spiro atoms. The number of rotatable bonds is 3. The lowest BCUT2D eigenvalue weighted by atomic mass is 9.96. The molecular weight excluding hydrogens is 306 g/mol. The van der Waals surface area contributed by atoms with E-state index in [9.17, 15) is 14.7 Å². The molecule has 5 nitrogen and oxygen atoms in total. The fourth-order valence-electron chi connectivity index (χ4n) is 3.20. The smallest absolute Gasteiger partial charge is 0.308 e. The first-order valence-corrected chi connectivity index (χ1v) is 8.16. The van der Waals surface area contributed by atoms with Crippen molar-refractivity contribution in [3.8, 4) is 11.3 Å². The molecule has 1 aromatic carbocycles. The molecule has 1 aliphatic rings. The van der Waals surface area contributed by atoms with Crippen molar-refractivity contribution in [3.05, 3.63) is 47.2 Å². The molecule has 0 unspecified atom stereocenters. The molecule has 1 fully saturated rings. The fraction of sp³-hybridized carbons (Fsp3) is 0.368. The van der Waals surface area contributed by atoms with Crippen molar-refractivity contribution in [1.29, 1.82) is 0 Å². The number of carbonyl (C=O) groups is 2. The molecule has 1 atom stereocenters. The van der Waals surface area contributed by atoms with Crippen LogP contribution in [0.15, 0.2) is 34.7 Å². The lowest BCUT2D eigenvalue weighted by Gasteiger charge is -2.30. The molecule has 24 heavy (non-hydrogen) atoms. The zero-order chi connectivity index (χ0) is 17.3. The summed E-state index contributed by atoms with van der Waals surface area (Å²) in [5.41, 5.74) is 2.21. The Bertz CT molecular complexity index is 763. The summed E-state index contributed by atoms with van der Waals surface area (Å²) in [5, 5.41) is 9.24. The van der Waals surface area contributed by atoms with E-state index < -0.39 is 11.9 Å². The first kappa shape index (κ1) is 16.3. The number of aryl methyl sites for hydroxylation is 1. The Balaban J connectivity index is 1.97. The maximum absolute atomic E-state index is 13.1. The third kappa shape index (κ3) is 2.94. The van der Waals surface area contributed by atoms with Gasteiger partial charge in [0.05, 0.1) is 11.5 Å². The molecule has 126 valence electrons. The van der Waals surface area contributed by atoms with Crippen molar-refractivity contribution in [2.75, 3.05) is 13.1 Å². The number of likely N-dealkylation sites (tertiary alicyclic amines) is 1. The SMILES string of the molecule is Cc1oc(-c2ccccc2)c(C(=O)N2CCC[C@H](C(=O)O)C2)c1C. The van der Waals surface area contributed by atoms with Gasteiger partial charge in [0, 0.05) is 24.2 Å². The van der Waals surface area contributed by atoms with Gasteiger partial charge in [0.15, 0.2) is 0 Å². The minimum atomic E-state index is -0.837. The van der Waals surface area contributed by atoms with Crippen LogP contribution in [0.25, 0.3) is 11.3 Å². The summed E-state index contributed by atoms with van der Waals surface area (Å²) in [6.07, 6.45) is 1.33. The number of hydrogen-bond acceptors (Lipinski definition) is 3. The molecular formula is C19H21NO4. The second kappa shape index (κ2) is 6.51. The summed E-state index contributed by atoms with van der Waals surface area (Å²) in [6, 6.07) is 9.53. The van der Waals surface area contributed by atoms with Crippen LogP contribution in [-0.2, 0) is 4.79 Å². The van der Waals surface area contributed by atoms with Gasteiger partial charge in [-0.05, 0) is 26.7 Å². The Morgan fingerprint density at radius 3 is 2.58 bits per heavy atom. The number of carbonyl (C=O) groups excluding carboxylic acids is 1. The first-order chi connectivity index (χ1) is 11.5. The summed E-state index contributed by atoms with van der Waals surface area (Å²) in [4.78, 5) is 26.0. The molecule has 1 N–H and O–H groups in total. The van der Waals surface area contributed by atoms with Crippen LogP contribution >= 0.6 is 0 Å². The Labute approximate surface area is 140 Å². The third-order valence-corrected chi connectivity index (χ3v) is 4.69. The van der Waals surface area contributed by atoms with Crippen LogP contribution in [0.3, 0.4) is 0 Å². The van der Waals surface area contributed by atoms with E-state index >= 15 is 0 Å². The lowest BCUT2D eigenvalue weighted by molar-refractivity contribution is -0.143. The molecule has 1 aliphatic heterocycles. The molecule has 0 radical (unpaired) electrons. The summed E-state index contributed by atoms with van der Waals surface area (Å²) < 4.78 is 5.85. The predicted molar refractivity (Wildman–Crippen MR) is 89.9 cm³/mol. The number of piperidine rings is 1. The van der Waals surface area contributed by atoms with Gasteiger partial charge in [0.1, 0.15) is 11.5 Å². The normalized spacial score (nSPS) is 17.8. The van der Waals surface area contributed by atoms with E-state index in [0.29, 0.717) is 36.5 Å². The van der Waals surface area contributed by atoms with Crippen molar-refractivity contribution >= 4 is 11.9 Å². The Kier molecular flexibility index (Phi) is 4.42. The molecule has 1 aromatic heterocycles. The van der Waals surface area contributed by atoms with Crippen molar-refractivity contribution in [3.63, 3.8) is 0 Å². The molecule has 0 aliphatic carbocycles. The van der Waals surface area contributed by atoms with Gasteiger partial charge in [-0.25, -0.2) is 0 Å². The topological polar surface area (TPSA) is 70.8 Å². The highest BCUT2D eigenvalue weighted by Crippen LogP contribution is 2.32. The van der Waals surface area contributed by atoms with Crippen LogP contribution in [0.2, 0.25) is 0 Å². The van der Waals surface area contributed by atoms with Gasteiger partial charge in [-0.2, -0.15) is 0 Å². The van der Waals surface area contributed by atoms with E-state index in [4.69, 9.17) is 4.42 Å². The molecule has 0 saturated carbocycles. The van der Waals surface area contributed by atoms with Crippen molar-refractivity contribution in [2.45, 2.75) is 26.7 Å². The van der Waals surface area contributed by atoms with Gasteiger partial charge >= 0.3 is 5.97 Å². The maximum atomic E-state index is 13.1. The van der Waals surface area contributed by atoms with Gasteiger partial charge < -0.3 is 14.4 Å². The van der Waals surface area contributed by atoms with Crippen molar-refractivity contribution < 1.29 is 19.1 Å². The van der Waals surface area contributed by atoms with E-state index in [1.807, 2.05) is 44.2 Å². The second-order valence-electron chi connectivity index (χ2n) is 6.28. The molecule has 5 heteroatoms. The quantitative estimate of drug-likeness (QED) is 0.936. The number of aliphatic carboxylic acids is 1. The van der Waals surface area contributed by atoms with Crippen LogP contribution in [0.1, 0.15) is 34.5 Å². The molecule has 2 heterocycles. The summed E-state index contributed by atoms with van der Waals surface area (Å²) >= 11 is 0. The summed E-state index contributed by atoms with van der Waals surface area (Å²) in [7, 11) is 0. The molecule has 1 amide bonds. The monoisotopic (exact) mass is 327 g/mol. The number of carboxylic acids is 1. The average molecular weight is 327 g/mol. The van der Waals surface area contributed by atoms with E-state index in [-0.39, 0.29) is 12.5 Å². The van der Waals surface area contributed by atoms with Gasteiger partial charge in [-0.1, -0.05) is 30.3 Å². The van der Waals surface area contributed by atoms with E-state index in [2.05, 4.69) is 0 Å². The number of hydrogen-bond donors (Lipinski definition) is 1.